The second-order valence-electron chi connectivity index (χ2n) is 4.53. The molecule has 0 aliphatic heterocycles. The van der Waals surface area contributed by atoms with Gasteiger partial charge in [0.15, 0.2) is 0 Å². The van der Waals surface area contributed by atoms with Crippen molar-refractivity contribution in [2.24, 2.45) is 0 Å². The maximum Gasteiger partial charge on any atom is 0.123 e. The van der Waals surface area contributed by atoms with Crippen LogP contribution < -0.4 is 5.32 Å². The van der Waals surface area contributed by atoms with E-state index in [0.29, 0.717) is 6.54 Å². The third-order valence-electron chi connectivity index (χ3n) is 3.02. The van der Waals surface area contributed by atoms with Crippen molar-refractivity contribution in [1.82, 2.24) is 9.88 Å². The topological polar surface area (TPSA) is 17.0 Å². The molecule has 0 unspecified atom stereocenters. The summed E-state index contributed by atoms with van der Waals surface area (Å²) in [6, 6.07) is 8.93. The Balaban J connectivity index is 1.92. The summed E-state index contributed by atoms with van der Waals surface area (Å²) in [7, 11) is 0. The van der Waals surface area contributed by atoms with Gasteiger partial charge in [0, 0.05) is 36.0 Å². The number of nitrogens with zero attached hydrogens (tertiary/aromatic N) is 1. The molecule has 0 amide bonds. The van der Waals surface area contributed by atoms with Gasteiger partial charge in [-0.3, -0.25) is 0 Å². The van der Waals surface area contributed by atoms with Gasteiger partial charge < -0.3 is 9.88 Å². The van der Waals surface area contributed by atoms with E-state index in [1.165, 1.54) is 11.8 Å². The summed E-state index contributed by atoms with van der Waals surface area (Å²) in [5, 5.41) is 3.35. The van der Waals surface area contributed by atoms with Crippen LogP contribution in [-0.4, -0.2) is 4.57 Å². The van der Waals surface area contributed by atoms with Crippen LogP contribution >= 0.6 is 15.9 Å². The highest BCUT2D eigenvalue weighted by molar-refractivity contribution is 9.10. The van der Waals surface area contributed by atoms with Crippen molar-refractivity contribution >= 4 is 15.9 Å². The molecule has 2 rings (SSSR count). The molecule has 102 valence electrons. The van der Waals surface area contributed by atoms with Crippen molar-refractivity contribution in [3.05, 3.63) is 58.1 Å². The van der Waals surface area contributed by atoms with Gasteiger partial charge in [0.05, 0.1) is 0 Å². The van der Waals surface area contributed by atoms with Crippen LogP contribution in [0.2, 0.25) is 0 Å². The lowest BCUT2D eigenvalue weighted by Gasteiger charge is -2.10. The molecule has 0 bridgehead atoms. The smallest absolute Gasteiger partial charge is 0.123 e. The summed E-state index contributed by atoms with van der Waals surface area (Å²) in [4.78, 5) is 0. The van der Waals surface area contributed by atoms with E-state index in [9.17, 15) is 4.39 Å². The molecule has 0 aliphatic rings. The Kier molecular flexibility index (Phi) is 5.16. The Morgan fingerprint density at radius 3 is 2.89 bits per heavy atom. The van der Waals surface area contributed by atoms with E-state index in [1.807, 2.05) is 0 Å². The summed E-state index contributed by atoms with van der Waals surface area (Å²) < 4.78 is 16.3. The molecule has 0 spiro atoms. The van der Waals surface area contributed by atoms with Gasteiger partial charge in [0.2, 0.25) is 0 Å². The number of hydrogen-bond donors (Lipinski definition) is 1. The Bertz CT molecular complexity index is 537. The summed E-state index contributed by atoms with van der Waals surface area (Å²) in [5.41, 5.74) is 2.20. The molecule has 19 heavy (non-hydrogen) atoms. The molecule has 1 aromatic heterocycles. The standard InChI is InChI=1S/C15H18BrFN2/c1-2-7-19-8-3-4-14(19)11-18-10-12-9-13(17)5-6-15(12)16/h3-6,8-9,18H,2,7,10-11H2,1H3. The fourth-order valence-corrected chi connectivity index (χ4v) is 2.46. The minimum Gasteiger partial charge on any atom is -0.350 e. The number of rotatable bonds is 6. The van der Waals surface area contributed by atoms with Crippen LogP contribution in [0, 0.1) is 5.82 Å². The number of nitrogens with one attached hydrogen (secondary N) is 1. The van der Waals surface area contributed by atoms with Crippen LogP contribution in [0.5, 0.6) is 0 Å². The highest BCUT2D eigenvalue weighted by atomic mass is 79.9. The van der Waals surface area contributed by atoms with Crippen LogP contribution in [0.25, 0.3) is 0 Å². The van der Waals surface area contributed by atoms with E-state index in [4.69, 9.17) is 0 Å². The van der Waals surface area contributed by atoms with E-state index in [0.717, 1.165) is 29.5 Å². The Morgan fingerprint density at radius 1 is 1.26 bits per heavy atom. The van der Waals surface area contributed by atoms with Gasteiger partial charge in [-0.15, -0.1) is 0 Å². The number of benzene rings is 1. The first kappa shape index (κ1) is 14.3. The first-order valence-corrected chi connectivity index (χ1v) is 7.28. The molecule has 1 aromatic carbocycles. The summed E-state index contributed by atoms with van der Waals surface area (Å²) >= 11 is 3.44. The average molecular weight is 325 g/mol. The van der Waals surface area contributed by atoms with Gasteiger partial charge in [-0.05, 0) is 42.3 Å². The van der Waals surface area contributed by atoms with Gasteiger partial charge in [0.1, 0.15) is 5.82 Å². The molecular formula is C15H18BrFN2. The molecule has 1 heterocycles. The summed E-state index contributed by atoms with van der Waals surface area (Å²) in [5.74, 6) is -0.200. The van der Waals surface area contributed by atoms with Gasteiger partial charge in [0.25, 0.3) is 0 Å². The summed E-state index contributed by atoms with van der Waals surface area (Å²) in [6.07, 6.45) is 3.22. The first-order valence-electron chi connectivity index (χ1n) is 6.49. The third-order valence-corrected chi connectivity index (χ3v) is 3.79. The minimum absolute atomic E-state index is 0.200. The van der Waals surface area contributed by atoms with Crippen molar-refractivity contribution in [1.29, 1.82) is 0 Å². The SMILES string of the molecule is CCCn1cccc1CNCc1cc(F)ccc1Br. The minimum atomic E-state index is -0.200. The van der Waals surface area contributed by atoms with Crippen LogP contribution in [-0.2, 0) is 19.6 Å². The molecule has 0 atom stereocenters. The lowest BCUT2D eigenvalue weighted by atomic mass is 10.2. The van der Waals surface area contributed by atoms with Crippen molar-refractivity contribution in [2.45, 2.75) is 33.0 Å². The fraction of sp³-hybridized carbons (Fsp3) is 0.333. The average Bonchev–Trinajstić information content (AvgIpc) is 2.82. The quantitative estimate of drug-likeness (QED) is 0.846. The van der Waals surface area contributed by atoms with Crippen molar-refractivity contribution in [2.75, 3.05) is 0 Å². The Labute approximate surface area is 121 Å². The number of halogens is 2. The second kappa shape index (κ2) is 6.87. The molecule has 0 aliphatic carbocycles. The van der Waals surface area contributed by atoms with Gasteiger partial charge >= 0.3 is 0 Å². The lowest BCUT2D eigenvalue weighted by Crippen LogP contribution is -2.16. The lowest BCUT2D eigenvalue weighted by molar-refractivity contribution is 0.595. The van der Waals surface area contributed by atoms with E-state index < -0.39 is 0 Å². The van der Waals surface area contributed by atoms with E-state index >= 15 is 0 Å². The molecule has 1 N–H and O–H groups in total. The fourth-order valence-electron chi connectivity index (χ4n) is 2.07. The predicted molar refractivity (Wildman–Crippen MR) is 79.4 cm³/mol. The first-order chi connectivity index (χ1) is 9.20. The molecule has 2 nitrogen and oxygen atoms in total. The number of hydrogen-bond acceptors (Lipinski definition) is 1. The molecule has 0 fully saturated rings. The maximum absolute atomic E-state index is 13.2. The van der Waals surface area contributed by atoms with Gasteiger partial charge in [-0.25, -0.2) is 4.39 Å². The van der Waals surface area contributed by atoms with Gasteiger partial charge in [-0.1, -0.05) is 22.9 Å². The zero-order chi connectivity index (χ0) is 13.7. The van der Waals surface area contributed by atoms with Crippen molar-refractivity contribution < 1.29 is 4.39 Å². The molecule has 4 heteroatoms. The van der Waals surface area contributed by atoms with Crippen LogP contribution in [0.4, 0.5) is 4.39 Å². The van der Waals surface area contributed by atoms with Crippen LogP contribution in [0.1, 0.15) is 24.6 Å². The molecule has 0 radical (unpaired) electrons. The highest BCUT2D eigenvalue weighted by Crippen LogP contribution is 2.17. The zero-order valence-corrected chi connectivity index (χ0v) is 12.6. The molecular weight excluding hydrogens is 307 g/mol. The second-order valence-corrected chi connectivity index (χ2v) is 5.39. The summed E-state index contributed by atoms with van der Waals surface area (Å²) in [6.45, 7) is 4.64. The number of aryl methyl sites for hydroxylation is 1. The monoisotopic (exact) mass is 324 g/mol. The van der Waals surface area contributed by atoms with Crippen molar-refractivity contribution in [3.8, 4) is 0 Å². The Hall–Kier alpha value is -1.13. The van der Waals surface area contributed by atoms with Crippen LogP contribution in [0.3, 0.4) is 0 Å². The maximum atomic E-state index is 13.2. The van der Waals surface area contributed by atoms with Crippen LogP contribution in [0.15, 0.2) is 41.0 Å². The van der Waals surface area contributed by atoms with E-state index in [1.54, 1.807) is 12.1 Å². The van der Waals surface area contributed by atoms with E-state index in [2.05, 4.69) is 51.1 Å². The predicted octanol–water partition coefficient (Wildman–Crippen LogP) is 4.09. The molecule has 0 saturated carbocycles. The molecule has 2 aromatic rings. The Morgan fingerprint density at radius 2 is 2.11 bits per heavy atom. The number of aromatic nitrogens is 1. The zero-order valence-electron chi connectivity index (χ0n) is 11.0. The highest BCUT2D eigenvalue weighted by Gasteiger charge is 2.03. The van der Waals surface area contributed by atoms with Crippen molar-refractivity contribution in [3.63, 3.8) is 0 Å². The largest absolute Gasteiger partial charge is 0.350 e. The van der Waals surface area contributed by atoms with Gasteiger partial charge in [-0.2, -0.15) is 0 Å². The normalized spacial score (nSPS) is 10.9. The van der Waals surface area contributed by atoms with E-state index in [-0.39, 0.29) is 5.82 Å². The third kappa shape index (κ3) is 3.91. The molecule has 0 saturated heterocycles.